The van der Waals surface area contributed by atoms with E-state index in [9.17, 15) is 4.79 Å². The molecule has 0 aromatic heterocycles. The molecule has 22 heavy (non-hydrogen) atoms. The Kier molecular flexibility index (Phi) is 3.98. The monoisotopic (exact) mass is 300 g/mol. The smallest absolute Gasteiger partial charge is 0.307 e. The van der Waals surface area contributed by atoms with Gasteiger partial charge < -0.3 is 9.47 Å². The normalized spacial score (nSPS) is 27.5. The number of methoxy groups -OCH3 is 1. The van der Waals surface area contributed by atoms with Crippen molar-refractivity contribution >= 4 is 5.97 Å². The van der Waals surface area contributed by atoms with Crippen LogP contribution in [0.4, 0.5) is 0 Å². The Morgan fingerprint density at radius 3 is 2.50 bits per heavy atom. The molecule has 0 bridgehead atoms. The first-order valence-electron chi connectivity index (χ1n) is 8.09. The molecule has 1 aromatic rings. The van der Waals surface area contributed by atoms with Crippen LogP contribution in [0.3, 0.4) is 0 Å². The van der Waals surface area contributed by atoms with Gasteiger partial charge in [-0.3, -0.25) is 4.79 Å². The lowest BCUT2D eigenvalue weighted by molar-refractivity contribution is -0.137. The molecule has 1 fully saturated rings. The summed E-state index contributed by atoms with van der Waals surface area (Å²) in [6.45, 7) is 3.81. The summed E-state index contributed by atoms with van der Waals surface area (Å²) < 4.78 is 10.7. The molecule has 2 aliphatic rings. The number of carbonyl (C=O) groups excluding carboxylic acids is 1. The molecular formula is C19H24O3. The van der Waals surface area contributed by atoms with E-state index < -0.39 is 0 Å². The zero-order chi connectivity index (χ0) is 15.7. The third-order valence-corrected chi connectivity index (χ3v) is 5.13. The highest BCUT2D eigenvalue weighted by molar-refractivity contribution is 5.67. The number of ether oxygens (including phenoxy) is 2. The highest BCUT2D eigenvalue weighted by Gasteiger charge is 2.54. The van der Waals surface area contributed by atoms with Gasteiger partial charge in [0.15, 0.2) is 0 Å². The molecule has 0 N–H and O–H groups in total. The van der Waals surface area contributed by atoms with Crippen LogP contribution < -0.4 is 4.74 Å². The highest BCUT2D eigenvalue weighted by atomic mass is 16.5. The molecule has 1 saturated carbocycles. The van der Waals surface area contributed by atoms with Gasteiger partial charge in [-0.2, -0.15) is 0 Å². The van der Waals surface area contributed by atoms with Crippen molar-refractivity contribution in [3.63, 3.8) is 0 Å². The fraction of sp³-hybridized carbons (Fsp3) is 0.526. The summed E-state index contributed by atoms with van der Waals surface area (Å²) in [5.41, 5.74) is 2.87. The zero-order valence-corrected chi connectivity index (χ0v) is 13.6. The average Bonchev–Trinajstić information content (AvgIpc) is 3.20. The quantitative estimate of drug-likeness (QED) is 0.763. The average molecular weight is 300 g/mol. The van der Waals surface area contributed by atoms with Crippen LogP contribution in [0.25, 0.3) is 0 Å². The molecule has 0 radical (unpaired) electrons. The summed E-state index contributed by atoms with van der Waals surface area (Å²) in [4.78, 5) is 11.4. The lowest BCUT2D eigenvalue weighted by atomic mass is 9.84. The first-order chi connectivity index (χ1) is 10.5. The van der Waals surface area contributed by atoms with Crippen LogP contribution in [0.15, 0.2) is 35.6 Å². The maximum Gasteiger partial charge on any atom is 0.307 e. The third kappa shape index (κ3) is 2.77. The molecule has 3 heteroatoms. The summed E-state index contributed by atoms with van der Waals surface area (Å²) in [7, 11) is 1.69. The molecule has 2 atom stereocenters. The van der Waals surface area contributed by atoms with Crippen LogP contribution in [-0.2, 0) is 9.53 Å². The second kappa shape index (κ2) is 5.79. The lowest BCUT2D eigenvalue weighted by Gasteiger charge is -2.25. The van der Waals surface area contributed by atoms with E-state index in [1.165, 1.54) is 24.5 Å². The van der Waals surface area contributed by atoms with E-state index in [-0.39, 0.29) is 11.4 Å². The molecule has 0 unspecified atom stereocenters. The van der Waals surface area contributed by atoms with Crippen LogP contribution in [0.5, 0.6) is 5.75 Å². The Balaban J connectivity index is 1.84. The second-order valence-electron chi connectivity index (χ2n) is 6.65. The van der Waals surface area contributed by atoms with Gasteiger partial charge in [0.05, 0.1) is 7.11 Å². The molecule has 1 aromatic carbocycles. The van der Waals surface area contributed by atoms with E-state index >= 15 is 0 Å². The predicted octanol–water partition coefficient (Wildman–Crippen LogP) is 4.58. The Bertz CT molecular complexity index is 600. The van der Waals surface area contributed by atoms with Gasteiger partial charge in [0.25, 0.3) is 0 Å². The number of carbonyl (C=O) groups is 1. The minimum Gasteiger partial charge on any atom is -0.497 e. The Labute approximate surface area is 132 Å². The fourth-order valence-electron chi connectivity index (χ4n) is 3.79. The number of hydrogen-bond donors (Lipinski definition) is 0. The van der Waals surface area contributed by atoms with Crippen molar-refractivity contribution in [3.8, 4) is 5.75 Å². The van der Waals surface area contributed by atoms with E-state index in [1.54, 1.807) is 7.11 Å². The highest BCUT2D eigenvalue weighted by Crippen LogP contribution is 2.65. The van der Waals surface area contributed by atoms with Crippen molar-refractivity contribution in [2.24, 2.45) is 5.41 Å². The third-order valence-electron chi connectivity index (χ3n) is 5.13. The standard InChI is InChI=1S/C19H24O3/c1-13(20)22-18-7-5-4-6-16(18)19(2)12-17(19)14-8-10-15(21-3)11-9-14/h8-11,17H,4-7,12H2,1-3H3/t17-,19+/m1/s1. The summed E-state index contributed by atoms with van der Waals surface area (Å²) >= 11 is 0. The molecule has 3 rings (SSSR count). The van der Waals surface area contributed by atoms with Gasteiger partial charge in [-0.25, -0.2) is 0 Å². The maximum atomic E-state index is 11.4. The van der Waals surface area contributed by atoms with Gasteiger partial charge in [-0.15, -0.1) is 0 Å². The van der Waals surface area contributed by atoms with Gasteiger partial charge in [0.1, 0.15) is 11.5 Å². The minimum atomic E-state index is -0.195. The number of esters is 1. The van der Waals surface area contributed by atoms with Gasteiger partial charge >= 0.3 is 5.97 Å². The molecule has 118 valence electrons. The predicted molar refractivity (Wildman–Crippen MR) is 85.7 cm³/mol. The molecule has 0 spiro atoms. The van der Waals surface area contributed by atoms with Crippen LogP contribution >= 0.6 is 0 Å². The van der Waals surface area contributed by atoms with Crippen molar-refractivity contribution in [1.29, 1.82) is 0 Å². The van der Waals surface area contributed by atoms with Crippen LogP contribution in [0.2, 0.25) is 0 Å². The maximum absolute atomic E-state index is 11.4. The summed E-state index contributed by atoms with van der Waals surface area (Å²) in [6, 6.07) is 8.36. The molecule has 0 amide bonds. The van der Waals surface area contributed by atoms with E-state index in [0.717, 1.165) is 37.2 Å². The SMILES string of the molecule is COc1ccc([C@H]2C[C@@]2(C)C2=C(OC(C)=O)CCCC2)cc1. The van der Waals surface area contributed by atoms with Gasteiger partial charge in [0.2, 0.25) is 0 Å². The zero-order valence-electron chi connectivity index (χ0n) is 13.6. The van der Waals surface area contributed by atoms with Crippen LogP contribution in [-0.4, -0.2) is 13.1 Å². The van der Waals surface area contributed by atoms with Gasteiger partial charge in [0, 0.05) is 13.3 Å². The van der Waals surface area contributed by atoms with Crippen molar-refractivity contribution in [3.05, 3.63) is 41.2 Å². The largest absolute Gasteiger partial charge is 0.497 e. The molecule has 0 aliphatic heterocycles. The van der Waals surface area contributed by atoms with Crippen molar-refractivity contribution in [1.82, 2.24) is 0 Å². The van der Waals surface area contributed by atoms with Crippen molar-refractivity contribution in [2.75, 3.05) is 7.11 Å². The molecular weight excluding hydrogens is 276 g/mol. The number of rotatable bonds is 4. The van der Waals surface area contributed by atoms with E-state index in [4.69, 9.17) is 9.47 Å². The Morgan fingerprint density at radius 1 is 1.18 bits per heavy atom. The summed E-state index contributed by atoms with van der Waals surface area (Å²) in [6.07, 6.45) is 5.42. The molecule has 2 aliphatic carbocycles. The topological polar surface area (TPSA) is 35.5 Å². The van der Waals surface area contributed by atoms with Crippen molar-refractivity contribution in [2.45, 2.75) is 51.9 Å². The first-order valence-corrected chi connectivity index (χ1v) is 8.09. The Hall–Kier alpha value is -1.77. The van der Waals surface area contributed by atoms with Gasteiger partial charge in [-0.05, 0) is 60.3 Å². The number of benzene rings is 1. The lowest BCUT2D eigenvalue weighted by Crippen LogP contribution is -2.14. The fourth-order valence-corrected chi connectivity index (χ4v) is 3.79. The van der Waals surface area contributed by atoms with E-state index in [1.807, 2.05) is 12.1 Å². The van der Waals surface area contributed by atoms with E-state index in [0.29, 0.717) is 5.92 Å². The van der Waals surface area contributed by atoms with E-state index in [2.05, 4.69) is 19.1 Å². The summed E-state index contributed by atoms with van der Waals surface area (Å²) in [5, 5.41) is 0. The number of hydrogen-bond acceptors (Lipinski definition) is 3. The molecule has 0 saturated heterocycles. The molecule has 3 nitrogen and oxygen atoms in total. The second-order valence-corrected chi connectivity index (χ2v) is 6.65. The van der Waals surface area contributed by atoms with Crippen LogP contribution in [0.1, 0.15) is 57.4 Å². The van der Waals surface area contributed by atoms with Gasteiger partial charge in [-0.1, -0.05) is 19.1 Å². The number of allylic oxidation sites excluding steroid dienone is 2. The minimum absolute atomic E-state index is 0.153. The summed E-state index contributed by atoms with van der Waals surface area (Å²) in [5.74, 6) is 2.16. The molecule has 0 heterocycles. The first kappa shape index (κ1) is 15.1. The van der Waals surface area contributed by atoms with Crippen LogP contribution in [0, 0.1) is 5.41 Å². The van der Waals surface area contributed by atoms with Crippen molar-refractivity contribution < 1.29 is 14.3 Å². The Morgan fingerprint density at radius 2 is 1.86 bits per heavy atom.